The fourth-order valence-corrected chi connectivity index (χ4v) is 7.71. The maximum atomic E-state index is 10.2. The van der Waals surface area contributed by atoms with Crippen LogP contribution in [0.4, 0.5) is 0 Å². The SMILES string of the molecule is C[C@]12CCC(O)CC1=CC[C@@H]1[C@H]3CC=C(n4cnc5ccccc54)[C@@]3(C)CC[C@@H]12. The van der Waals surface area contributed by atoms with Gasteiger partial charge in [0.1, 0.15) is 6.33 Å². The van der Waals surface area contributed by atoms with Crippen LogP contribution in [0.15, 0.2) is 48.3 Å². The van der Waals surface area contributed by atoms with Crippen molar-refractivity contribution in [3.8, 4) is 0 Å². The van der Waals surface area contributed by atoms with E-state index in [0.717, 1.165) is 42.5 Å². The molecule has 0 bridgehead atoms. The number of fused-ring (bicyclic) bond motifs is 6. The van der Waals surface area contributed by atoms with Gasteiger partial charge in [0.15, 0.2) is 0 Å². The highest BCUT2D eigenvalue weighted by Gasteiger charge is 2.57. The molecule has 4 aliphatic carbocycles. The summed E-state index contributed by atoms with van der Waals surface area (Å²) in [6.07, 6.45) is 15.0. The number of allylic oxidation sites excluding steroid dienone is 3. The van der Waals surface area contributed by atoms with E-state index in [-0.39, 0.29) is 11.5 Å². The van der Waals surface area contributed by atoms with E-state index in [1.54, 1.807) is 5.57 Å². The van der Waals surface area contributed by atoms with E-state index in [4.69, 9.17) is 0 Å². The van der Waals surface area contributed by atoms with Crippen LogP contribution in [0.1, 0.15) is 58.8 Å². The lowest BCUT2D eigenvalue weighted by atomic mass is 9.48. The number of benzene rings is 1. The maximum Gasteiger partial charge on any atom is 0.100 e. The molecule has 6 atom stereocenters. The van der Waals surface area contributed by atoms with Crippen molar-refractivity contribution in [2.75, 3.05) is 0 Å². The molecule has 2 aromatic rings. The van der Waals surface area contributed by atoms with E-state index in [1.165, 1.54) is 36.9 Å². The quantitative estimate of drug-likeness (QED) is 0.626. The summed E-state index contributed by atoms with van der Waals surface area (Å²) >= 11 is 0. The summed E-state index contributed by atoms with van der Waals surface area (Å²) in [6, 6.07) is 8.52. The summed E-state index contributed by atoms with van der Waals surface area (Å²) in [4.78, 5) is 4.67. The van der Waals surface area contributed by atoms with Crippen LogP contribution in [0, 0.1) is 28.6 Å². The number of hydrogen-bond acceptors (Lipinski definition) is 2. The van der Waals surface area contributed by atoms with E-state index >= 15 is 0 Å². The normalized spacial score (nSPS) is 41.3. The Morgan fingerprint density at radius 1 is 1.00 bits per heavy atom. The predicted molar refractivity (Wildman–Crippen MR) is 117 cm³/mol. The Labute approximate surface area is 173 Å². The summed E-state index contributed by atoms with van der Waals surface area (Å²) in [5, 5.41) is 10.2. The highest BCUT2D eigenvalue weighted by molar-refractivity contribution is 5.80. The highest BCUT2D eigenvalue weighted by Crippen LogP contribution is 2.65. The summed E-state index contributed by atoms with van der Waals surface area (Å²) in [7, 11) is 0. The van der Waals surface area contributed by atoms with Crippen LogP contribution in [-0.2, 0) is 0 Å². The first kappa shape index (κ1) is 17.9. The molecule has 152 valence electrons. The van der Waals surface area contributed by atoms with Crippen molar-refractivity contribution in [1.29, 1.82) is 0 Å². The third-order valence-corrected chi connectivity index (χ3v) is 9.33. The third kappa shape index (κ3) is 2.37. The molecule has 29 heavy (non-hydrogen) atoms. The van der Waals surface area contributed by atoms with Crippen molar-refractivity contribution in [2.45, 2.75) is 64.9 Å². The van der Waals surface area contributed by atoms with Gasteiger partial charge in [-0.3, -0.25) is 0 Å². The Balaban J connectivity index is 1.36. The predicted octanol–water partition coefficient (Wildman–Crippen LogP) is 5.81. The minimum atomic E-state index is -0.117. The zero-order chi connectivity index (χ0) is 19.8. The molecule has 1 N–H and O–H groups in total. The Morgan fingerprint density at radius 2 is 1.83 bits per heavy atom. The molecular weight excluding hydrogens is 356 g/mol. The number of aliphatic hydroxyl groups is 1. The van der Waals surface area contributed by atoms with Gasteiger partial charge in [0.05, 0.1) is 17.1 Å². The van der Waals surface area contributed by atoms with Crippen molar-refractivity contribution in [2.24, 2.45) is 28.6 Å². The van der Waals surface area contributed by atoms with Gasteiger partial charge in [-0.2, -0.15) is 0 Å². The van der Waals surface area contributed by atoms with Crippen LogP contribution < -0.4 is 0 Å². The lowest BCUT2D eigenvalue weighted by Gasteiger charge is -2.57. The maximum absolute atomic E-state index is 10.2. The Kier molecular flexibility index (Phi) is 3.76. The molecule has 3 nitrogen and oxygen atoms in total. The number of rotatable bonds is 1. The third-order valence-electron chi connectivity index (χ3n) is 9.33. The topological polar surface area (TPSA) is 38.0 Å². The molecule has 1 aromatic heterocycles. The lowest BCUT2D eigenvalue weighted by molar-refractivity contribution is -0.0249. The van der Waals surface area contributed by atoms with Crippen LogP contribution in [0.2, 0.25) is 0 Å². The Morgan fingerprint density at radius 3 is 2.72 bits per heavy atom. The fourth-order valence-electron chi connectivity index (χ4n) is 7.71. The summed E-state index contributed by atoms with van der Waals surface area (Å²) in [6.45, 7) is 5.03. The summed E-state index contributed by atoms with van der Waals surface area (Å²) in [5.41, 5.74) is 5.92. The van der Waals surface area contributed by atoms with Gasteiger partial charge in [-0.25, -0.2) is 4.98 Å². The number of aliphatic hydroxyl groups excluding tert-OH is 1. The largest absolute Gasteiger partial charge is 0.393 e. The van der Waals surface area contributed by atoms with E-state index < -0.39 is 0 Å². The molecule has 0 spiro atoms. The van der Waals surface area contributed by atoms with Gasteiger partial charge in [0, 0.05) is 11.1 Å². The molecule has 0 saturated heterocycles. The van der Waals surface area contributed by atoms with E-state index in [2.05, 4.69) is 59.8 Å². The highest BCUT2D eigenvalue weighted by atomic mass is 16.3. The van der Waals surface area contributed by atoms with Gasteiger partial charge in [-0.1, -0.05) is 43.7 Å². The van der Waals surface area contributed by atoms with E-state index in [1.807, 2.05) is 6.33 Å². The molecule has 2 saturated carbocycles. The van der Waals surface area contributed by atoms with Crippen LogP contribution >= 0.6 is 0 Å². The van der Waals surface area contributed by atoms with E-state index in [9.17, 15) is 5.11 Å². The monoisotopic (exact) mass is 388 g/mol. The van der Waals surface area contributed by atoms with E-state index in [0.29, 0.717) is 5.41 Å². The lowest BCUT2D eigenvalue weighted by Crippen LogP contribution is -2.50. The second-order valence-electron chi connectivity index (χ2n) is 10.5. The molecule has 0 aliphatic heterocycles. The van der Waals surface area contributed by atoms with Crippen LogP contribution in [0.5, 0.6) is 0 Å². The molecule has 0 radical (unpaired) electrons. The zero-order valence-electron chi connectivity index (χ0n) is 17.6. The van der Waals surface area contributed by atoms with Gasteiger partial charge >= 0.3 is 0 Å². The van der Waals surface area contributed by atoms with Crippen LogP contribution in [0.25, 0.3) is 16.7 Å². The van der Waals surface area contributed by atoms with Gasteiger partial charge in [0.2, 0.25) is 0 Å². The van der Waals surface area contributed by atoms with Gasteiger partial charge in [0.25, 0.3) is 0 Å². The second-order valence-corrected chi connectivity index (χ2v) is 10.5. The average molecular weight is 389 g/mol. The number of hydrogen-bond donors (Lipinski definition) is 1. The zero-order valence-corrected chi connectivity index (χ0v) is 17.6. The first-order valence-electron chi connectivity index (χ1n) is 11.5. The molecule has 3 heteroatoms. The molecule has 1 aromatic carbocycles. The molecule has 1 heterocycles. The Bertz CT molecular complexity index is 1030. The molecule has 2 fully saturated rings. The summed E-state index contributed by atoms with van der Waals surface area (Å²) in [5.74, 6) is 2.26. The van der Waals surface area contributed by atoms with Crippen molar-refractivity contribution < 1.29 is 5.11 Å². The second kappa shape index (κ2) is 6.07. The number of aromatic nitrogens is 2. The average Bonchev–Trinajstić information content (AvgIpc) is 3.29. The molecule has 6 rings (SSSR count). The first-order chi connectivity index (χ1) is 14.0. The minimum absolute atomic E-state index is 0.117. The number of para-hydroxylation sites is 2. The van der Waals surface area contributed by atoms with Gasteiger partial charge in [-0.05, 0) is 80.2 Å². The van der Waals surface area contributed by atoms with Crippen molar-refractivity contribution in [1.82, 2.24) is 9.55 Å². The van der Waals surface area contributed by atoms with Crippen molar-refractivity contribution >= 4 is 16.7 Å². The van der Waals surface area contributed by atoms with Gasteiger partial charge in [-0.15, -0.1) is 0 Å². The van der Waals surface area contributed by atoms with Crippen molar-refractivity contribution in [3.05, 3.63) is 48.3 Å². The smallest absolute Gasteiger partial charge is 0.100 e. The van der Waals surface area contributed by atoms with Crippen LogP contribution in [0.3, 0.4) is 0 Å². The Hall–Kier alpha value is -1.87. The number of nitrogens with zero attached hydrogens (tertiary/aromatic N) is 2. The first-order valence-corrected chi connectivity index (χ1v) is 11.5. The molecule has 0 amide bonds. The summed E-state index contributed by atoms with van der Waals surface area (Å²) < 4.78 is 2.37. The van der Waals surface area contributed by atoms with Crippen LogP contribution in [-0.4, -0.2) is 20.8 Å². The van der Waals surface area contributed by atoms with Crippen molar-refractivity contribution in [3.63, 3.8) is 0 Å². The molecule has 1 unspecified atom stereocenters. The minimum Gasteiger partial charge on any atom is -0.393 e. The fraction of sp³-hybridized carbons (Fsp3) is 0.577. The molecular formula is C26H32N2O. The number of imidazole rings is 1. The van der Waals surface area contributed by atoms with Gasteiger partial charge < -0.3 is 9.67 Å². The standard InChI is InChI=1S/C26H32N2O/c1-25-13-11-18(29)15-17(25)7-8-19-20-9-10-24(26(20,2)14-12-21(19)25)28-16-27-22-5-3-4-6-23(22)28/h3-7,10,16,18-21,29H,8-9,11-15H2,1-2H3/t18?,19-,20-,21+,25+,26+/m1/s1. The molecule has 4 aliphatic rings.